The van der Waals surface area contributed by atoms with E-state index in [0.717, 1.165) is 22.8 Å². The first-order valence-electron chi connectivity index (χ1n) is 14.1. The molecule has 1 atom stereocenters. The minimum Gasteiger partial charge on any atom is -0.346 e. The molecule has 242 valence electrons. The maximum absolute atomic E-state index is 13.9. The highest BCUT2D eigenvalue weighted by atomic mass is 32.2. The maximum atomic E-state index is 13.9. The van der Waals surface area contributed by atoms with E-state index in [4.69, 9.17) is 5.26 Å². The number of nitrogens with zero attached hydrogens (tertiary/aromatic N) is 7. The van der Waals surface area contributed by atoms with Crippen molar-refractivity contribution in [3.8, 4) is 35.0 Å². The molecule has 5 aromatic rings. The Labute approximate surface area is 272 Å². The van der Waals surface area contributed by atoms with Gasteiger partial charge in [-0.1, -0.05) is 18.2 Å². The number of aryl methyl sites for hydroxylation is 1. The van der Waals surface area contributed by atoms with Crippen molar-refractivity contribution in [3.63, 3.8) is 0 Å². The van der Waals surface area contributed by atoms with Gasteiger partial charge in [-0.05, 0) is 79.6 Å². The van der Waals surface area contributed by atoms with Crippen LogP contribution < -0.4 is 10.9 Å². The van der Waals surface area contributed by atoms with Crippen LogP contribution in [0.4, 0.5) is 13.2 Å². The fourth-order valence-corrected chi connectivity index (χ4v) is 5.86. The lowest BCUT2D eigenvalue weighted by Gasteiger charge is -2.18. The van der Waals surface area contributed by atoms with Crippen LogP contribution in [0.25, 0.3) is 22.8 Å². The van der Waals surface area contributed by atoms with Gasteiger partial charge in [0.25, 0.3) is 11.5 Å². The van der Waals surface area contributed by atoms with Crippen molar-refractivity contribution >= 4 is 15.6 Å². The third-order valence-corrected chi connectivity index (χ3v) is 8.98. The Balaban J connectivity index is 1.64. The second kappa shape index (κ2) is 13.0. The predicted octanol–water partition coefficient (Wildman–Crippen LogP) is 5.46. The van der Waals surface area contributed by atoms with Crippen LogP contribution in [0.15, 0.2) is 93.0 Å². The molecule has 15 heteroatoms. The summed E-state index contributed by atoms with van der Waals surface area (Å²) in [7, 11) is -2.93. The van der Waals surface area contributed by atoms with Crippen LogP contribution in [0.5, 0.6) is 0 Å². The molecule has 0 fully saturated rings. The van der Waals surface area contributed by atoms with Crippen molar-refractivity contribution in [3.05, 3.63) is 123 Å². The number of aromatic nitrogens is 4. The molecular weight excluding hydrogens is 645 g/mol. The van der Waals surface area contributed by atoms with Gasteiger partial charge in [0, 0.05) is 23.4 Å². The Bertz CT molecular complexity index is 2320. The second-order valence-electron chi connectivity index (χ2n) is 10.7. The predicted molar refractivity (Wildman–Crippen MR) is 170 cm³/mol. The zero-order valence-electron chi connectivity index (χ0n) is 25.6. The number of nitrogens with one attached hydrogen (secondary N) is 1. The number of halogens is 3. The topological polar surface area (TPSA) is 159 Å². The molecule has 0 spiro atoms. The number of hydrogen-bond donors (Lipinski definition) is 1. The van der Waals surface area contributed by atoms with Crippen molar-refractivity contribution in [1.82, 2.24) is 24.6 Å². The average molecular weight is 671 g/mol. The summed E-state index contributed by atoms with van der Waals surface area (Å²) in [5, 5.41) is 25.1. The zero-order valence-corrected chi connectivity index (χ0v) is 26.4. The molecule has 0 radical (unpaired) electrons. The van der Waals surface area contributed by atoms with E-state index in [1.807, 2.05) is 6.07 Å². The minimum absolute atomic E-state index is 0.0878. The summed E-state index contributed by atoms with van der Waals surface area (Å²) >= 11 is 0. The van der Waals surface area contributed by atoms with Crippen LogP contribution in [0.1, 0.15) is 38.4 Å². The van der Waals surface area contributed by atoms with E-state index in [-0.39, 0.29) is 23.6 Å². The van der Waals surface area contributed by atoms with Gasteiger partial charge in [-0.25, -0.2) is 13.9 Å². The van der Waals surface area contributed by atoms with E-state index in [1.165, 1.54) is 48.5 Å². The fraction of sp³-hybridized carbons (Fsp3) is 0.152. The quantitative estimate of drug-likeness (QED) is 0.225. The summed E-state index contributed by atoms with van der Waals surface area (Å²) in [4.78, 5) is 32.3. The molecule has 0 saturated heterocycles. The van der Waals surface area contributed by atoms with Crippen molar-refractivity contribution in [2.24, 2.45) is 4.36 Å². The Morgan fingerprint density at radius 1 is 1.02 bits per heavy atom. The molecular formula is C33H25F3N8O3S. The van der Waals surface area contributed by atoms with E-state index in [0.29, 0.717) is 33.0 Å². The first-order chi connectivity index (χ1) is 22.7. The van der Waals surface area contributed by atoms with Crippen LogP contribution in [-0.4, -0.2) is 35.7 Å². The number of amides is 1. The number of carbonyl (C=O) groups excluding carboxylic acids is 1. The summed E-state index contributed by atoms with van der Waals surface area (Å²) in [6, 6.07) is 18.8. The first kappa shape index (κ1) is 33.3. The minimum atomic E-state index is -4.70. The van der Waals surface area contributed by atoms with Crippen molar-refractivity contribution in [2.75, 3.05) is 6.26 Å². The highest BCUT2D eigenvalue weighted by Gasteiger charge is 2.31. The van der Waals surface area contributed by atoms with Gasteiger partial charge < -0.3 is 5.32 Å². The summed E-state index contributed by atoms with van der Waals surface area (Å²) < 4.78 is 59.6. The lowest BCUT2D eigenvalue weighted by Crippen LogP contribution is -2.35. The molecule has 0 aliphatic heterocycles. The summed E-state index contributed by atoms with van der Waals surface area (Å²) in [6.45, 7) is 3.15. The number of carbonyl (C=O) groups is 1. The van der Waals surface area contributed by atoms with Crippen molar-refractivity contribution in [1.29, 1.82) is 10.5 Å². The monoisotopic (exact) mass is 670 g/mol. The molecule has 2 aromatic heterocycles. The molecule has 2 heterocycles. The number of hydrogen-bond acceptors (Lipinski definition) is 8. The molecule has 48 heavy (non-hydrogen) atoms. The van der Waals surface area contributed by atoms with E-state index < -0.39 is 38.6 Å². The summed E-state index contributed by atoms with van der Waals surface area (Å²) in [5.41, 5.74) is 0.0596. The van der Waals surface area contributed by atoms with Gasteiger partial charge in [0.1, 0.15) is 5.69 Å². The lowest BCUT2D eigenvalue weighted by molar-refractivity contribution is -0.137. The third kappa shape index (κ3) is 6.58. The normalized spacial score (nSPS) is 12.4. The van der Waals surface area contributed by atoms with Gasteiger partial charge in [-0.15, -0.1) is 4.36 Å². The van der Waals surface area contributed by atoms with Gasteiger partial charge in [-0.2, -0.15) is 28.8 Å². The van der Waals surface area contributed by atoms with Gasteiger partial charge in [0.2, 0.25) is 6.19 Å². The summed E-state index contributed by atoms with van der Waals surface area (Å²) in [5.74, 6) is -0.896. The van der Waals surface area contributed by atoms with Crippen LogP contribution in [0.2, 0.25) is 0 Å². The second-order valence-corrected chi connectivity index (χ2v) is 12.9. The molecule has 0 saturated carbocycles. The number of rotatable bonds is 7. The maximum Gasteiger partial charge on any atom is 0.416 e. The molecule has 1 N–H and O–H groups in total. The lowest BCUT2D eigenvalue weighted by atomic mass is 10.1. The SMILES string of the molecule is Cc1cnn(-c2ccc(C#N)cc2)c1-c1nc(C(=O)NCc2ccc(S(C)(=O)=NC#N)cc2)c(=O)n(-c2cccc(C(F)(F)F)c2)c1C. The zero-order chi connectivity index (χ0) is 34.8. The van der Waals surface area contributed by atoms with E-state index >= 15 is 0 Å². The van der Waals surface area contributed by atoms with Crippen LogP contribution in [0, 0.1) is 36.6 Å². The van der Waals surface area contributed by atoms with Gasteiger partial charge >= 0.3 is 6.18 Å². The summed E-state index contributed by atoms with van der Waals surface area (Å²) in [6.07, 6.45) is -0.309. The third-order valence-electron chi connectivity index (χ3n) is 7.40. The van der Waals surface area contributed by atoms with Gasteiger partial charge in [-0.3, -0.25) is 14.2 Å². The van der Waals surface area contributed by atoms with Crippen molar-refractivity contribution < 1.29 is 22.2 Å². The molecule has 0 bridgehead atoms. The Morgan fingerprint density at radius 2 is 1.71 bits per heavy atom. The largest absolute Gasteiger partial charge is 0.416 e. The van der Waals surface area contributed by atoms with E-state index in [9.17, 15) is 32.2 Å². The fourth-order valence-electron chi connectivity index (χ4n) is 4.96. The van der Waals surface area contributed by atoms with Gasteiger partial charge in [0.15, 0.2) is 5.69 Å². The number of benzene rings is 3. The molecule has 5 rings (SSSR count). The highest BCUT2D eigenvalue weighted by Crippen LogP contribution is 2.32. The highest BCUT2D eigenvalue weighted by molar-refractivity contribution is 7.93. The Kier molecular flexibility index (Phi) is 9.00. The van der Waals surface area contributed by atoms with Crippen LogP contribution >= 0.6 is 0 Å². The smallest absolute Gasteiger partial charge is 0.346 e. The van der Waals surface area contributed by atoms with E-state index in [2.05, 4.69) is 19.8 Å². The first-order valence-corrected chi connectivity index (χ1v) is 16.0. The average Bonchev–Trinajstić information content (AvgIpc) is 3.44. The molecule has 0 aliphatic rings. The Hall–Kier alpha value is -6.06. The molecule has 1 unspecified atom stereocenters. The number of nitriles is 2. The van der Waals surface area contributed by atoms with Gasteiger partial charge in [0.05, 0.1) is 50.2 Å². The van der Waals surface area contributed by atoms with Crippen molar-refractivity contribution in [2.45, 2.75) is 31.5 Å². The molecule has 0 aliphatic carbocycles. The van der Waals surface area contributed by atoms with Crippen LogP contribution in [0.3, 0.4) is 0 Å². The molecule has 11 nitrogen and oxygen atoms in total. The standard InChI is InChI=1S/C33H25F3N8O3S/c1-20-17-40-44(25-11-7-22(16-37)8-12-25)30(20)28-21(2)43(26-6-4-5-24(15-26)33(34,35)36)32(46)29(42-28)31(45)39-18-23-9-13-27(14-10-23)48(3,47)41-19-38/h4-15,17H,18H2,1-3H3,(H,39,45). The Morgan fingerprint density at radius 3 is 2.33 bits per heavy atom. The van der Waals surface area contributed by atoms with E-state index in [1.54, 1.807) is 43.3 Å². The van der Waals surface area contributed by atoms with Crippen LogP contribution in [-0.2, 0) is 22.5 Å². The molecule has 3 aromatic carbocycles. The number of alkyl halides is 3. The molecule has 1 amide bonds.